The summed E-state index contributed by atoms with van der Waals surface area (Å²) in [6.07, 6.45) is 5.66. The topological polar surface area (TPSA) is 81.7 Å². The van der Waals surface area contributed by atoms with E-state index in [-0.39, 0.29) is 0 Å². The van der Waals surface area contributed by atoms with E-state index in [0.717, 1.165) is 44.1 Å². The molecular weight excluding hydrogens is 232 g/mol. The molecular formula is C11H16N6O. The Labute approximate surface area is 105 Å². The molecule has 0 fully saturated rings. The van der Waals surface area contributed by atoms with Crippen LogP contribution in [0.3, 0.4) is 0 Å². The highest BCUT2D eigenvalue weighted by molar-refractivity contribution is 4.98. The lowest BCUT2D eigenvalue weighted by Gasteiger charge is -2.14. The molecule has 2 aromatic rings. The van der Waals surface area contributed by atoms with Crippen LogP contribution < -0.4 is 5.32 Å². The van der Waals surface area contributed by atoms with Crippen LogP contribution in [0.2, 0.25) is 0 Å². The molecule has 0 saturated carbocycles. The number of hydrogen-bond acceptors (Lipinski definition) is 6. The third kappa shape index (κ3) is 2.40. The summed E-state index contributed by atoms with van der Waals surface area (Å²) in [4.78, 5) is 3.97. The summed E-state index contributed by atoms with van der Waals surface area (Å²) < 4.78 is 7.15. The minimum Gasteiger partial charge on any atom is -0.340 e. The van der Waals surface area contributed by atoms with Crippen molar-refractivity contribution in [2.45, 2.75) is 38.8 Å². The quantitative estimate of drug-likeness (QED) is 0.768. The van der Waals surface area contributed by atoms with Gasteiger partial charge in [0.15, 0.2) is 6.33 Å². The van der Waals surface area contributed by atoms with Crippen LogP contribution in [0.5, 0.6) is 0 Å². The predicted octanol–water partition coefficient (Wildman–Crippen LogP) is 0.330. The lowest BCUT2D eigenvalue weighted by Crippen LogP contribution is -2.21. The second kappa shape index (κ2) is 5.26. The van der Waals surface area contributed by atoms with Crippen molar-refractivity contribution in [1.29, 1.82) is 0 Å². The number of aryl methyl sites for hydroxylation is 1. The maximum absolute atomic E-state index is 4.93. The fraction of sp³-hybridized carbons (Fsp3) is 0.636. The van der Waals surface area contributed by atoms with Gasteiger partial charge >= 0.3 is 0 Å². The van der Waals surface area contributed by atoms with Crippen LogP contribution in [0.25, 0.3) is 0 Å². The minimum absolute atomic E-state index is 0.658. The van der Waals surface area contributed by atoms with Crippen LogP contribution >= 0.6 is 0 Å². The molecule has 0 atom stereocenters. The van der Waals surface area contributed by atoms with Gasteiger partial charge in [0.25, 0.3) is 0 Å². The normalized spacial score (nSPS) is 14.7. The number of fused-ring (bicyclic) bond motifs is 1. The van der Waals surface area contributed by atoms with Crippen molar-refractivity contribution in [3.8, 4) is 0 Å². The molecule has 96 valence electrons. The Bertz CT molecular complexity index is 492. The molecule has 0 spiro atoms. The van der Waals surface area contributed by atoms with E-state index in [1.165, 1.54) is 19.2 Å². The largest absolute Gasteiger partial charge is 0.340 e. The van der Waals surface area contributed by atoms with Crippen molar-refractivity contribution in [2.24, 2.45) is 0 Å². The average Bonchev–Trinajstić information content (AvgIpc) is 3.04. The van der Waals surface area contributed by atoms with E-state index < -0.39 is 0 Å². The zero-order valence-electron chi connectivity index (χ0n) is 10.2. The highest BCUT2D eigenvalue weighted by Crippen LogP contribution is 2.13. The van der Waals surface area contributed by atoms with E-state index in [1.807, 2.05) is 0 Å². The summed E-state index contributed by atoms with van der Waals surface area (Å²) in [6, 6.07) is 0. The van der Waals surface area contributed by atoms with Crippen molar-refractivity contribution in [3.63, 3.8) is 0 Å². The molecule has 1 aliphatic rings. The number of nitrogens with zero attached hydrogens (tertiary/aromatic N) is 5. The van der Waals surface area contributed by atoms with Gasteiger partial charge in [0, 0.05) is 25.9 Å². The monoisotopic (exact) mass is 248 g/mol. The summed E-state index contributed by atoms with van der Waals surface area (Å²) in [5.41, 5.74) is 0. The molecule has 0 bridgehead atoms. The van der Waals surface area contributed by atoms with Gasteiger partial charge in [-0.3, -0.25) is 0 Å². The van der Waals surface area contributed by atoms with Gasteiger partial charge in [0.2, 0.25) is 5.89 Å². The van der Waals surface area contributed by atoms with Crippen LogP contribution in [-0.4, -0.2) is 31.4 Å². The highest BCUT2D eigenvalue weighted by atomic mass is 16.5. The van der Waals surface area contributed by atoms with Gasteiger partial charge in [-0.15, -0.1) is 10.2 Å². The third-order valence-corrected chi connectivity index (χ3v) is 3.14. The Morgan fingerprint density at radius 1 is 1.33 bits per heavy atom. The van der Waals surface area contributed by atoms with E-state index in [2.05, 4.69) is 30.2 Å². The number of aromatic nitrogens is 5. The first-order valence-electron chi connectivity index (χ1n) is 6.31. The summed E-state index contributed by atoms with van der Waals surface area (Å²) in [5.74, 6) is 2.80. The third-order valence-electron chi connectivity index (χ3n) is 3.14. The SMILES string of the molecule is c1noc(CCNCc2nnc3n2CCCC3)n1. The molecule has 2 aromatic heterocycles. The Hall–Kier alpha value is -1.76. The Morgan fingerprint density at radius 2 is 2.33 bits per heavy atom. The number of nitrogens with one attached hydrogen (secondary N) is 1. The Morgan fingerprint density at radius 3 is 3.22 bits per heavy atom. The summed E-state index contributed by atoms with van der Waals surface area (Å²) in [5, 5.41) is 15.3. The molecule has 0 aliphatic carbocycles. The molecule has 18 heavy (non-hydrogen) atoms. The van der Waals surface area contributed by atoms with Crippen LogP contribution in [0.1, 0.15) is 30.4 Å². The Kier molecular flexibility index (Phi) is 3.31. The lowest BCUT2D eigenvalue weighted by molar-refractivity contribution is 0.374. The first-order valence-corrected chi connectivity index (χ1v) is 6.31. The van der Waals surface area contributed by atoms with E-state index in [1.54, 1.807) is 0 Å². The van der Waals surface area contributed by atoms with Gasteiger partial charge in [0.1, 0.15) is 11.6 Å². The molecule has 1 N–H and O–H groups in total. The van der Waals surface area contributed by atoms with Crippen molar-refractivity contribution in [1.82, 2.24) is 30.2 Å². The van der Waals surface area contributed by atoms with Crippen LogP contribution in [-0.2, 0) is 25.9 Å². The van der Waals surface area contributed by atoms with Gasteiger partial charge in [-0.25, -0.2) is 0 Å². The standard InChI is InChI=1S/C11H16N6O/c1-2-6-17-9(3-1)15-16-10(17)7-12-5-4-11-13-8-14-18-11/h8,12H,1-7H2. The van der Waals surface area contributed by atoms with Crippen LogP contribution in [0.4, 0.5) is 0 Å². The molecule has 3 heterocycles. The molecule has 0 unspecified atom stereocenters. The molecule has 0 saturated heterocycles. The first-order chi connectivity index (χ1) is 8.93. The highest BCUT2D eigenvalue weighted by Gasteiger charge is 2.14. The summed E-state index contributed by atoms with van der Waals surface area (Å²) >= 11 is 0. The Balaban J connectivity index is 1.49. The van der Waals surface area contributed by atoms with Crippen molar-refractivity contribution >= 4 is 0 Å². The molecule has 7 nitrogen and oxygen atoms in total. The minimum atomic E-state index is 0.658. The zero-order valence-corrected chi connectivity index (χ0v) is 10.2. The molecule has 3 rings (SSSR count). The average molecular weight is 248 g/mol. The second-order valence-corrected chi connectivity index (χ2v) is 4.40. The molecule has 7 heteroatoms. The maximum Gasteiger partial charge on any atom is 0.227 e. The van der Waals surface area contributed by atoms with Crippen LogP contribution in [0.15, 0.2) is 10.9 Å². The fourth-order valence-corrected chi connectivity index (χ4v) is 2.20. The van der Waals surface area contributed by atoms with Gasteiger partial charge in [0.05, 0.1) is 6.54 Å². The van der Waals surface area contributed by atoms with Crippen molar-refractivity contribution in [2.75, 3.05) is 6.54 Å². The summed E-state index contributed by atoms with van der Waals surface area (Å²) in [7, 11) is 0. The van der Waals surface area contributed by atoms with E-state index in [0.29, 0.717) is 5.89 Å². The van der Waals surface area contributed by atoms with E-state index in [4.69, 9.17) is 4.52 Å². The van der Waals surface area contributed by atoms with Gasteiger partial charge in [-0.2, -0.15) is 4.98 Å². The van der Waals surface area contributed by atoms with Crippen LogP contribution in [0, 0.1) is 0 Å². The summed E-state index contributed by atoms with van der Waals surface area (Å²) in [6.45, 7) is 2.58. The zero-order chi connectivity index (χ0) is 12.2. The molecule has 0 amide bonds. The van der Waals surface area contributed by atoms with Gasteiger partial charge in [-0.1, -0.05) is 5.16 Å². The first kappa shape index (κ1) is 11.3. The van der Waals surface area contributed by atoms with Gasteiger partial charge < -0.3 is 14.4 Å². The maximum atomic E-state index is 4.93. The fourth-order valence-electron chi connectivity index (χ4n) is 2.20. The second-order valence-electron chi connectivity index (χ2n) is 4.40. The lowest BCUT2D eigenvalue weighted by atomic mass is 10.2. The molecule has 1 aliphatic heterocycles. The van der Waals surface area contributed by atoms with Crippen molar-refractivity contribution in [3.05, 3.63) is 23.9 Å². The van der Waals surface area contributed by atoms with E-state index in [9.17, 15) is 0 Å². The number of hydrogen-bond donors (Lipinski definition) is 1. The smallest absolute Gasteiger partial charge is 0.227 e. The molecule has 0 radical (unpaired) electrons. The predicted molar refractivity (Wildman–Crippen MR) is 62.7 cm³/mol. The van der Waals surface area contributed by atoms with Gasteiger partial charge in [-0.05, 0) is 12.8 Å². The number of rotatable bonds is 5. The molecule has 0 aromatic carbocycles. The van der Waals surface area contributed by atoms with Crippen molar-refractivity contribution < 1.29 is 4.52 Å². The van der Waals surface area contributed by atoms with E-state index >= 15 is 0 Å².